The molecule has 1 aromatic heterocycles. The van der Waals surface area contributed by atoms with Gasteiger partial charge in [0.2, 0.25) is 0 Å². The van der Waals surface area contributed by atoms with Gasteiger partial charge in [-0.1, -0.05) is 24.3 Å². The van der Waals surface area contributed by atoms with Gasteiger partial charge < -0.3 is 0 Å². The van der Waals surface area contributed by atoms with E-state index in [0.717, 1.165) is 18.2 Å². The zero-order chi connectivity index (χ0) is 14.6. The van der Waals surface area contributed by atoms with Crippen molar-refractivity contribution in [3.8, 4) is 0 Å². The molecular weight excluding hydrogens is 267 g/mol. The van der Waals surface area contributed by atoms with Gasteiger partial charge in [-0.15, -0.1) is 0 Å². The number of pyridine rings is 1. The summed E-state index contributed by atoms with van der Waals surface area (Å²) in [7, 11) is 0. The number of carbonyl (C=O) groups is 1. The SMILES string of the molecule is O=C(/C=C/c1ccccc1C(F)(F)F)c1cccnc1. The van der Waals surface area contributed by atoms with Gasteiger partial charge >= 0.3 is 6.18 Å². The summed E-state index contributed by atoms with van der Waals surface area (Å²) in [6, 6.07) is 8.23. The van der Waals surface area contributed by atoms with Crippen molar-refractivity contribution in [3.05, 3.63) is 71.6 Å². The lowest BCUT2D eigenvalue weighted by atomic mass is 10.1. The Morgan fingerprint density at radius 2 is 1.85 bits per heavy atom. The molecule has 0 unspecified atom stereocenters. The van der Waals surface area contributed by atoms with Crippen LogP contribution in [0.2, 0.25) is 0 Å². The third-order valence-electron chi connectivity index (χ3n) is 2.63. The highest BCUT2D eigenvalue weighted by atomic mass is 19.4. The second-order valence-corrected chi connectivity index (χ2v) is 4.02. The van der Waals surface area contributed by atoms with E-state index in [1.807, 2.05) is 0 Å². The number of rotatable bonds is 3. The van der Waals surface area contributed by atoms with E-state index in [0.29, 0.717) is 5.56 Å². The highest BCUT2D eigenvalue weighted by molar-refractivity contribution is 6.06. The molecule has 2 aromatic rings. The van der Waals surface area contributed by atoms with Crippen molar-refractivity contribution in [2.45, 2.75) is 6.18 Å². The van der Waals surface area contributed by atoms with Crippen molar-refractivity contribution in [1.82, 2.24) is 4.98 Å². The fourth-order valence-electron chi connectivity index (χ4n) is 1.67. The number of ketones is 1. The van der Waals surface area contributed by atoms with Gasteiger partial charge in [0.05, 0.1) is 5.56 Å². The molecule has 0 bridgehead atoms. The van der Waals surface area contributed by atoms with Crippen LogP contribution in [0.5, 0.6) is 0 Å². The molecule has 2 nitrogen and oxygen atoms in total. The molecule has 0 aliphatic heterocycles. The minimum Gasteiger partial charge on any atom is -0.289 e. The van der Waals surface area contributed by atoms with Gasteiger partial charge in [0.15, 0.2) is 5.78 Å². The Balaban J connectivity index is 2.27. The summed E-state index contributed by atoms with van der Waals surface area (Å²) in [4.78, 5) is 15.6. The number of aromatic nitrogens is 1. The van der Waals surface area contributed by atoms with Gasteiger partial charge in [-0.25, -0.2) is 0 Å². The van der Waals surface area contributed by atoms with Crippen LogP contribution >= 0.6 is 0 Å². The van der Waals surface area contributed by atoms with E-state index >= 15 is 0 Å². The Bertz CT molecular complexity index is 633. The maximum Gasteiger partial charge on any atom is 0.416 e. The quantitative estimate of drug-likeness (QED) is 0.627. The van der Waals surface area contributed by atoms with Crippen LogP contribution in [0.15, 0.2) is 54.9 Å². The zero-order valence-corrected chi connectivity index (χ0v) is 10.3. The van der Waals surface area contributed by atoms with Crippen molar-refractivity contribution < 1.29 is 18.0 Å². The summed E-state index contributed by atoms with van der Waals surface area (Å²) in [6.07, 6.45) is 0.708. The number of alkyl halides is 3. The lowest BCUT2D eigenvalue weighted by Crippen LogP contribution is -2.07. The molecule has 0 saturated carbocycles. The van der Waals surface area contributed by atoms with Gasteiger partial charge in [0.1, 0.15) is 0 Å². The fourth-order valence-corrected chi connectivity index (χ4v) is 1.67. The molecular formula is C15H10F3NO. The Kier molecular flexibility index (Phi) is 3.98. The van der Waals surface area contributed by atoms with Crippen molar-refractivity contribution in [1.29, 1.82) is 0 Å². The maximum atomic E-state index is 12.8. The van der Waals surface area contributed by atoms with E-state index in [2.05, 4.69) is 4.98 Å². The normalized spacial score (nSPS) is 11.8. The van der Waals surface area contributed by atoms with Crippen molar-refractivity contribution in [2.75, 3.05) is 0 Å². The predicted molar refractivity (Wildman–Crippen MR) is 69.0 cm³/mol. The minimum absolute atomic E-state index is 0.0442. The van der Waals surface area contributed by atoms with E-state index < -0.39 is 17.5 Å². The second kappa shape index (κ2) is 5.69. The molecule has 0 radical (unpaired) electrons. The molecule has 0 fully saturated rings. The third kappa shape index (κ3) is 3.32. The first-order valence-electron chi connectivity index (χ1n) is 5.77. The van der Waals surface area contributed by atoms with Crippen molar-refractivity contribution in [2.24, 2.45) is 0 Å². The molecule has 5 heteroatoms. The molecule has 0 aliphatic carbocycles. The first-order valence-corrected chi connectivity index (χ1v) is 5.77. The van der Waals surface area contributed by atoms with Crippen LogP contribution in [0.25, 0.3) is 6.08 Å². The monoisotopic (exact) mass is 277 g/mol. The number of nitrogens with zero attached hydrogens (tertiary/aromatic N) is 1. The average molecular weight is 277 g/mol. The molecule has 0 atom stereocenters. The molecule has 1 aromatic carbocycles. The summed E-state index contributed by atoms with van der Waals surface area (Å²) in [5.41, 5.74) is -0.485. The molecule has 0 amide bonds. The smallest absolute Gasteiger partial charge is 0.289 e. The fraction of sp³-hybridized carbons (Fsp3) is 0.0667. The number of halogens is 3. The van der Waals surface area contributed by atoms with Gasteiger partial charge in [-0.2, -0.15) is 13.2 Å². The minimum atomic E-state index is -4.45. The Morgan fingerprint density at radius 3 is 2.50 bits per heavy atom. The zero-order valence-electron chi connectivity index (χ0n) is 10.3. The van der Waals surface area contributed by atoms with E-state index in [4.69, 9.17) is 0 Å². The summed E-state index contributed by atoms with van der Waals surface area (Å²) >= 11 is 0. The lowest BCUT2D eigenvalue weighted by molar-refractivity contribution is -0.137. The van der Waals surface area contributed by atoms with E-state index in [9.17, 15) is 18.0 Å². The van der Waals surface area contributed by atoms with Gasteiger partial charge in [0, 0.05) is 18.0 Å². The molecule has 0 aliphatic rings. The second-order valence-electron chi connectivity index (χ2n) is 4.02. The van der Waals surface area contributed by atoms with Crippen LogP contribution in [0.3, 0.4) is 0 Å². The highest BCUT2D eigenvalue weighted by Gasteiger charge is 2.32. The van der Waals surface area contributed by atoms with Crippen LogP contribution in [-0.2, 0) is 6.18 Å². The van der Waals surface area contributed by atoms with Crippen molar-refractivity contribution >= 4 is 11.9 Å². The molecule has 0 saturated heterocycles. The first kappa shape index (κ1) is 14.0. The van der Waals surface area contributed by atoms with Crippen LogP contribution in [0.4, 0.5) is 13.2 Å². The third-order valence-corrected chi connectivity index (χ3v) is 2.63. The van der Waals surface area contributed by atoms with E-state index in [1.165, 1.54) is 30.6 Å². The summed E-state index contributed by atoms with van der Waals surface area (Å²) in [6.45, 7) is 0. The van der Waals surface area contributed by atoms with Gasteiger partial charge in [-0.05, 0) is 29.8 Å². The van der Waals surface area contributed by atoms with Crippen LogP contribution in [0.1, 0.15) is 21.5 Å². The van der Waals surface area contributed by atoms with Crippen LogP contribution < -0.4 is 0 Å². The molecule has 2 rings (SSSR count). The van der Waals surface area contributed by atoms with E-state index in [-0.39, 0.29) is 5.56 Å². The highest BCUT2D eigenvalue weighted by Crippen LogP contribution is 2.32. The topological polar surface area (TPSA) is 30.0 Å². The Hall–Kier alpha value is -2.43. The number of carbonyl (C=O) groups excluding carboxylic acids is 1. The molecule has 20 heavy (non-hydrogen) atoms. The molecule has 0 N–H and O–H groups in total. The number of allylic oxidation sites excluding steroid dienone is 1. The molecule has 1 heterocycles. The van der Waals surface area contributed by atoms with Crippen LogP contribution in [0, 0.1) is 0 Å². The maximum absolute atomic E-state index is 12.8. The predicted octanol–water partition coefficient (Wildman–Crippen LogP) is 4.00. The van der Waals surface area contributed by atoms with Gasteiger partial charge in [0.25, 0.3) is 0 Å². The average Bonchev–Trinajstić information content (AvgIpc) is 2.45. The number of benzene rings is 1. The van der Waals surface area contributed by atoms with Crippen LogP contribution in [-0.4, -0.2) is 10.8 Å². The largest absolute Gasteiger partial charge is 0.416 e. The lowest BCUT2D eigenvalue weighted by Gasteiger charge is -2.09. The standard InChI is InChI=1S/C15H10F3NO/c16-15(17,18)13-6-2-1-4-11(13)7-8-14(20)12-5-3-9-19-10-12/h1-10H/b8-7+. The Labute approximate surface area is 113 Å². The summed E-state index contributed by atoms with van der Waals surface area (Å²) in [5.74, 6) is -0.393. The summed E-state index contributed by atoms with van der Waals surface area (Å²) < 4.78 is 38.3. The van der Waals surface area contributed by atoms with Crippen molar-refractivity contribution in [3.63, 3.8) is 0 Å². The molecule has 0 spiro atoms. The summed E-state index contributed by atoms with van der Waals surface area (Å²) in [5, 5.41) is 0. The Morgan fingerprint density at radius 1 is 1.10 bits per heavy atom. The number of hydrogen-bond acceptors (Lipinski definition) is 2. The first-order chi connectivity index (χ1) is 9.48. The molecule has 102 valence electrons. The number of hydrogen-bond donors (Lipinski definition) is 0. The van der Waals surface area contributed by atoms with Gasteiger partial charge in [-0.3, -0.25) is 9.78 Å². The van der Waals surface area contributed by atoms with E-state index in [1.54, 1.807) is 12.1 Å².